The topological polar surface area (TPSA) is 66.8 Å². The first kappa shape index (κ1) is 17.8. The van der Waals surface area contributed by atoms with Crippen LogP contribution in [0.25, 0.3) is 0 Å². The van der Waals surface area contributed by atoms with Crippen molar-refractivity contribution < 1.29 is 13.2 Å². The molecule has 1 atom stereocenters. The summed E-state index contributed by atoms with van der Waals surface area (Å²) in [5.41, 5.74) is 2.19. The van der Waals surface area contributed by atoms with Crippen LogP contribution >= 0.6 is 23.5 Å². The minimum Gasteiger partial charge on any atom is -0.338 e. The summed E-state index contributed by atoms with van der Waals surface area (Å²) in [4.78, 5) is 18.8. The number of carbonyl (C=O) groups is 1. The molecule has 130 valence electrons. The van der Waals surface area contributed by atoms with E-state index in [1.165, 1.54) is 17.3 Å². The number of sulfone groups is 1. The average molecular weight is 385 g/mol. The minimum atomic E-state index is -2.98. The molecule has 1 fully saturated rings. The molecule has 1 aromatic carbocycles. The first-order chi connectivity index (χ1) is 11.5. The third-order valence-corrected chi connectivity index (χ3v) is 8.16. The molecule has 0 saturated carbocycles. The summed E-state index contributed by atoms with van der Waals surface area (Å²) >= 11 is 3.09. The Balaban J connectivity index is 1.60. The Morgan fingerprint density at radius 2 is 2.21 bits per heavy atom. The SMILES string of the molecule is CCN(C(=O)CSC1=Nc2ccccc2CS1)[C@H]1CCS(=O)(=O)C1. The highest BCUT2D eigenvalue weighted by molar-refractivity contribution is 8.38. The van der Waals surface area contributed by atoms with E-state index in [0.717, 1.165) is 15.8 Å². The maximum atomic E-state index is 12.5. The number of fused-ring (bicyclic) bond motifs is 1. The fourth-order valence-corrected chi connectivity index (χ4v) is 6.63. The van der Waals surface area contributed by atoms with Crippen LogP contribution in [0.3, 0.4) is 0 Å². The van der Waals surface area contributed by atoms with Crippen molar-refractivity contribution >= 4 is 49.3 Å². The van der Waals surface area contributed by atoms with Crippen LogP contribution in [0.4, 0.5) is 5.69 Å². The highest BCUT2D eigenvalue weighted by Crippen LogP contribution is 2.34. The number of hydrogen-bond acceptors (Lipinski definition) is 6. The largest absolute Gasteiger partial charge is 0.338 e. The first-order valence-corrected chi connectivity index (χ1v) is 11.7. The second-order valence-electron chi connectivity index (χ2n) is 5.82. The summed E-state index contributed by atoms with van der Waals surface area (Å²) < 4.78 is 24.2. The molecule has 0 bridgehead atoms. The van der Waals surface area contributed by atoms with Crippen molar-refractivity contribution in [3.8, 4) is 0 Å². The average Bonchev–Trinajstić information content (AvgIpc) is 2.93. The van der Waals surface area contributed by atoms with Crippen molar-refractivity contribution in [2.45, 2.75) is 25.1 Å². The van der Waals surface area contributed by atoms with Crippen LogP contribution in [-0.2, 0) is 20.4 Å². The molecule has 24 heavy (non-hydrogen) atoms. The molecular weight excluding hydrogens is 364 g/mol. The molecule has 2 aliphatic rings. The van der Waals surface area contributed by atoms with Gasteiger partial charge in [0.25, 0.3) is 0 Å². The van der Waals surface area contributed by atoms with E-state index < -0.39 is 9.84 Å². The third-order valence-electron chi connectivity index (χ3n) is 4.18. The normalized spacial score (nSPS) is 21.9. The molecule has 2 heterocycles. The molecule has 1 amide bonds. The lowest BCUT2D eigenvalue weighted by atomic mass is 10.2. The van der Waals surface area contributed by atoms with Crippen LogP contribution in [0, 0.1) is 0 Å². The van der Waals surface area contributed by atoms with Gasteiger partial charge in [-0.05, 0) is 25.0 Å². The molecule has 0 spiro atoms. The van der Waals surface area contributed by atoms with Gasteiger partial charge >= 0.3 is 0 Å². The van der Waals surface area contributed by atoms with Gasteiger partial charge in [0.15, 0.2) is 9.84 Å². The van der Waals surface area contributed by atoms with E-state index >= 15 is 0 Å². The van der Waals surface area contributed by atoms with Crippen LogP contribution in [-0.4, -0.2) is 53.4 Å². The molecule has 0 radical (unpaired) electrons. The maximum absolute atomic E-state index is 12.5. The van der Waals surface area contributed by atoms with Gasteiger partial charge in [0.2, 0.25) is 5.91 Å². The number of hydrogen-bond donors (Lipinski definition) is 0. The lowest BCUT2D eigenvalue weighted by Gasteiger charge is -2.27. The van der Waals surface area contributed by atoms with E-state index in [4.69, 9.17) is 0 Å². The van der Waals surface area contributed by atoms with Crippen LogP contribution < -0.4 is 0 Å². The van der Waals surface area contributed by atoms with Crippen molar-refractivity contribution in [2.24, 2.45) is 4.99 Å². The van der Waals surface area contributed by atoms with Crippen molar-refractivity contribution in [1.29, 1.82) is 0 Å². The molecule has 0 aliphatic carbocycles. The molecule has 1 saturated heterocycles. The summed E-state index contributed by atoms with van der Waals surface area (Å²) in [6.07, 6.45) is 0.551. The molecule has 2 aliphatic heterocycles. The summed E-state index contributed by atoms with van der Waals surface area (Å²) in [6.45, 7) is 2.44. The molecular formula is C16H20N2O3S3. The molecule has 1 aromatic rings. The lowest BCUT2D eigenvalue weighted by molar-refractivity contribution is -0.129. The molecule has 0 aromatic heterocycles. The predicted octanol–water partition coefficient (Wildman–Crippen LogP) is 2.69. The Labute approximate surface area is 151 Å². The van der Waals surface area contributed by atoms with Gasteiger partial charge in [0.1, 0.15) is 4.38 Å². The molecule has 0 N–H and O–H groups in total. The van der Waals surface area contributed by atoms with Gasteiger partial charge in [-0.3, -0.25) is 4.79 Å². The minimum absolute atomic E-state index is 0.00763. The van der Waals surface area contributed by atoms with Gasteiger partial charge in [-0.2, -0.15) is 0 Å². The van der Waals surface area contributed by atoms with Gasteiger partial charge in [0, 0.05) is 18.3 Å². The Morgan fingerprint density at radius 1 is 1.42 bits per heavy atom. The number of benzene rings is 1. The molecule has 8 heteroatoms. The van der Waals surface area contributed by atoms with Crippen molar-refractivity contribution in [3.63, 3.8) is 0 Å². The van der Waals surface area contributed by atoms with E-state index in [-0.39, 0.29) is 23.5 Å². The summed E-state index contributed by atoms with van der Waals surface area (Å²) in [6, 6.07) is 7.85. The van der Waals surface area contributed by atoms with E-state index in [1.807, 2.05) is 25.1 Å². The van der Waals surface area contributed by atoms with Crippen molar-refractivity contribution in [1.82, 2.24) is 4.90 Å². The predicted molar refractivity (Wildman–Crippen MR) is 102 cm³/mol. The van der Waals surface area contributed by atoms with E-state index in [2.05, 4.69) is 11.1 Å². The van der Waals surface area contributed by atoms with E-state index in [9.17, 15) is 13.2 Å². The zero-order valence-corrected chi connectivity index (χ0v) is 15.9. The highest BCUT2D eigenvalue weighted by Gasteiger charge is 2.33. The Morgan fingerprint density at radius 3 is 2.92 bits per heavy atom. The van der Waals surface area contributed by atoms with Crippen LogP contribution in [0.15, 0.2) is 29.3 Å². The van der Waals surface area contributed by atoms with Crippen LogP contribution in [0.1, 0.15) is 18.9 Å². The second-order valence-corrected chi connectivity index (χ2v) is 10.2. The van der Waals surface area contributed by atoms with Gasteiger partial charge in [-0.25, -0.2) is 13.4 Å². The fourth-order valence-electron chi connectivity index (χ4n) is 2.95. The van der Waals surface area contributed by atoms with E-state index in [1.54, 1.807) is 16.7 Å². The summed E-state index contributed by atoms with van der Waals surface area (Å²) in [5, 5.41) is 0. The zero-order valence-electron chi connectivity index (χ0n) is 13.5. The van der Waals surface area contributed by atoms with Crippen molar-refractivity contribution in [3.05, 3.63) is 29.8 Å². The zero-order chi connectivity index (χ0) is 17.2. The van der Waals surface area contributed by atoms with Gasteiger partial charge in [-0.15, -0.1) is 0 Å². The number of carbonyl (C=O) groups excluding carboxylic acids is 1. The molecule has 5 nitrogen and oxygen atoms in total. The third kappa shape index (κ3) is 4.15. The number of thioether (sulfide) groups is 2. The van der Waals surface area contributed by atoms with Gasteiger partial charge in [0.05, 0.1) is 22.9 Å². The molecule has 3 rings (SSSR count). The smallest absolute Gasteiger partial charge is 0.233 e. The second kappa shape index (κ2) is 7.49. The van der Waals surface area contributed by atoms with Gasteiger partial charge < -0.3 is 4.90 Å². The number of aliphatic imine (C=N–C) groups is 1. The lowest BCUT2D eigenvalue weighted by Crippen LogP contribution is -2.42. The fraction of sp³-hybridized carbons (Fsp3) is 0.500. The Kier molecular flexibility index (Phi) is 5.56. The number of amides is 1. The highest BCUT2D eigenvalue weighted by atomic mass is 32.2. The summed E-state index contributed by atoms with van der Waals surface area (Å²) in [5.74, 6) is 1.45. The standard InChI is InChI=1S/C16H20N2O3S3/c1-2-18(13-7-8-24(20,21)11-13)15(19)10-23-16-17-14-6-4-3-5-12(14)9-22-16/h3-6,13H,2,7-11H2,1H3/t13-/m0/s1. The van der Waals surface area contributed by atoms with E-state index in [0.29, 0.717) is 18.7 Å². The summed E-state index contributed by atoms with van der Waals surface area (Å²) in [7, 11) is -2.98. The van der Waals surface area contributed by atoms with Crippen LogP contribution in [0.5, 0.6) is 0 Å². The van der Waals surface area contributed by atoms with Crippen molar-refractivity contribution in [2.75, 3.05) is 23.8 Å². The number of para-hydroxylation sites is 1. The van der Waals surface area contributed by atoms with Gasteiger partial charge in [-0.1, -0.05) is 41.7 Å². The Bertz CT molecular complexity index is 762. The number of nitrogens with zero attached hydrogens (tertiary/aromatic N) is 2. The quantitative estimate of drug-likeness (QED) is 0.798. The monoisotopic (exact) mass is 384 g/mol. The molecule has 0 unspecified atom stereocenters. The van der Waals surface area contributed by atoms with Crippen LogP contribution in [0.2, 0.25) is 0 Å². The first-order valence-electron chi connectivity index (χ1n) is 7.90. The maximum Gasteiger partial charge on any atom is 0.233 e. The number of rotatable bonds is 4. The Hall–Kier alpha value is -0.990.